The second kappa shape index (κ2) is 5.99. The smallest absolute Gasteiger partial charge is 0.253 e. The fraction of sp³-hybridized carbons (Fsp3) is 0.417. The van der Waals surface area contributed by atoms with Crippen molar-refractivity contribution in [3.05, 3.63) is 28.8 Å². The van der Waals surface area contributed by atoms with E-state index in [0.29, 0.717) is 23.6 Å². The summed E-state index contributed by atoms with van der Waals surface area (Å²) in [6.07, 6.45) is 1.23. The van der Waals surface area contributed by atoms with E-state index in [9.17, 15) is 13.2 Å². The van der Waals surface area contributed by atoms with Crippen LogP contribution >= 0.6 is 11.6 Å². The number of hydrogen-bond acceptors (Lipinski definition) is 5. The van der Waals surface area contributed by atoms with Gasteiger partial charge in [-0.1, -0.05) is 11.6 Å². The molecule has 1 aromatic carbocycles. The molecule has 1 aromatic rings. The molecule has 6 nitrogen and oxygen atoms in total. The molecular formula is C12H16ClN3O3S. The number of carbonyl (C=O) groups is 1. The van der Waals surface area contributed by atoms with Crippen molar-refractivity contribution in [3.63, 3.8) is 0 Å². The largest absolute Gasteiger partial charge is 0.351 e. The van der Waals surface area contributed by atoms with Crippen molar-refractivity contribution >= 4 is 33.0 Å². The molecule has 110 valence electrons. The molecule has 1 aliphatic rings. The monoisotopic (exact) mass is 317 g/mol. The Balaban J connectivity index is 2.07. The van der Waals surface area contributed by atoms with Gasteiger partial charge in [-0.2, -0.15) is 0 Å². The Morgan fingerprint density at radius 3 is 2.80 bits per heavy atom. The lowest BCUT2D eigenvalue weighted by molar-refractivity contribution is 0.0954. The van der Waals surface area contributed by atoms with E-state index in [-0.39, 0.29) is 17.9 Å². The summed E-state index contributed by atoms with van der Waals surface area (Å²) >= 11 is 5.85. The van der Waals surface area contributed by atoms with Crippen molar-refractivity contribution in [1.29, 1.82) is 0 Å². The van der Waals surface area contributed by atoms with Gasteiger partial charge < -0.3 is 10.7 Å². The van der Waals surface area contributed by atoms with Crippen LogP contribution < -0.4 is 16.6 Å². The van der Waals surface area contributed by atoms with E-state index < -0.39 is 21.0 Å². The van der Waals surface area contributed by atoms with E-state index in [0.717, 1.165) is 0 Å². The summed E-state index contributed by atoms with van der Waals surface area (Å²) in [5.74, 6) is 5.13. The molecule has 1 unspecified atom stereocenters. The van der Waals surface area contributed by atoms with E-state index in [2.05, 4.69) is 10.7 Å². The number of hydrazine groups is 1. The summed E-state index contributed by atoms with van der Waals surface area (Å²) in [6, 6.07) is 4.67. The average molecular weight is 318 g/mol. The molecule has 0 aliphatic carbocycles. The molecule has 0 spiro atoms. The van der Waals surface area contributed by atoms with Crippen LogP contribution in [0.5, 0.6) is 0 Å². The molecule has 0 saturated carbocycles. The number of sulfone groups is 1. The third-order valence-electron chi connectivity index (χ3n) is 3.33. The van der Waals surface area contributed by atoms with Crippen LogP contribution in [0.2, 0.25) is 5.02 Å². The lowest BCUT2D eigenvalue weighted by atomic mass is 10.1. The van der Waals surface area contributed by atoms with Gasteiger partial charge in [0, 0.05) is 11.6 Å². The quantitative estimate of drug-likeness (QED) is 0.566. The van der Waals surface area contributed by atoms with Crippen molar-refractivity contribution < 1.29 is 13.2 Å². The number of carbonyl (C=O) groups excluding carboxylic acids is 1. The molecule has 2 rings (SSSR count). The number of rotatable bonds is 4. The van der Waals surface area contributed by atoms with Crippen LogP contribution in [-0.2, 0) is 9.84 Å². The molecule has 20 heavy (non-hydrogen) atoms. The van der Waals surface area contributed by atoms with Gasteiger partial charge in [-0.3, -0.25) is 10.6 Å². The zero-order chi connectivity index (χ0) is 14.8. The van der Waals surface area contributed by atoms with Crippen LogP contribution in [0.3, 0.4) is 0 Å². The summed E-state index contributed by atoms with van der Waals surface area (Å²) in [5.41, 5.74) is 3.13. The van der Waals surface area contributed by atoms with Gasteiger partial charge in [0.2, 0.25) is 0 Å². The summed E-state index contributed by atoms with van der Waals surface area (Å²) < 4.78 is 23.4. The second-order valence-corrected chi connectivity index (χ2v) is 7.51. The highest BCUT2D eigenvalue weighted by molar-refractivity contribution is 7.92. The standard InChI is InChI=1S/C12H16ClN3O3S/c13-8-3-4-11(16-14)10(6-8)12(17)15-7-9-2-1-5-20(9,18)19/h3-4,6,9,16H,1-2,5,7,14H2,(H,15,17). The van der Waals surface area contributed by atoms with Gasteiger partial charge >= 0.3 is 0 Å². The molecule has 8 heteroatoms. The van der Waals surface area contributed by atoms with Crippen molar-refractivity contribution in [2.24, 2.45) is 5.84 Å². The molecule has 1 saturated heterocycles. The van der Waals surface area contributed by atoms with Crippen LogP contribution in [0.1, 0.15) is 23.2 Å². The number of amides is 1. The number of hydrogen-bond donors (Lipinski definition) is 3. The SMILES string of the molecule is NNc1ccc(Cl)cc1C(=O)NCC1CCCS1(=O)=O. The summed E-state index contributed by atoms with van der Waals surface area (Å²) in [5, 5.41) is 2.53. The molecular weight excluding hydrogens is 302 g/mol. The van der Waals surface area contributed by atoms with Gasteiger partial charge in [0.15, 0.2) is 9.84 Å². The lowest BCUT2D eigenvalue weighted by Gasteiger charge is -2.13. The maximum Gasteiger partial charge on any atom is 0.253 e. The Bertz CT molecular complexity index is 618. The van der Waals surface area contributed by atoms with Crippen molar-refractivity contribution in [1.82, 2.24) is 5.32 Å². The fourth-order valence-electron chi connectivity index (χ4n) is 2.22. The number of benzene rings is 1. The maximum absolute atomic E-state index is 12.1. The topological polar surface area (TPSA) is 101 Å². The number of nitrogens with two attached hydrogens (primary N) is 1. The highest BCUT2D eigenvalue weighted by atomic mass is 35.5. The molecule has 0 aromatic heterocycles. The highest BCUT2D eigenvalue weighted by Gasteiger charge is 2.31. The van der Waals surface area contributed by atoms with Gasteiger partial charge in [0.05, 0.1) is 22.3 Å². The fourth-order valence-corrected chi connectivity index (χ4v) is 4.16. The molecule has 1 heterocycles. The third kappa shape index (κ3) is 3.23. The van der Waals surface area contributed by atoms with Gasteiger partial charge in [-0.25, -0.2) is 8.42 Å². The average Bonchev–Trinajstić information content (AvgIpc) is 2.75. The molecule has 4 N–H and O–H groups in total. The minimum Gasteiger partial charge on any atom is -0.351 e. The minimum absolute atomic E-state index is 0.109. The normalized spacial score (nSPS) is 20.6. The van der Waals surface area contributed by atoms with E-state index in [1.54, 1.807) is 12.1 Å². The Labute approximate surface area is 122 Å². The van der Waals surface area contributed by atoms with E-state index >= 15 is 0 Å². The first-order valence-electron chi connectivity index (χ1n) is 6.20. The van der Waals surface area contributed by atoms with Crippen LogP contribution in [0.4, 0.5) is 5.69 Å². The molecule has 1 aliphatic heterocycles. The summed E-state index contributed by atoms with van der Waals surface area (Å²) in [4.78, 5) is 12.1. The van der Waals surface area contributed by atoms with Crippen molar-refractivity contribution in [2.45, 2.75) is 18.1 Å². The Kier molecular flexibility index (Phi) is 4.52. The van der Waals surface area contributed by atoms with E-state index in [1.807, 2.05) is 0 Å². The first kappa shape index (κ1) is 15.1. The van der Waals surface area contributed by atoms with Crippen molar-refractivity contribution in [3.8, 4) is 0 Å². The van der Waals surface area contributed by atoms with Crippen LogP contribution in [0.25, 0.3) is 0 Å². The second-order valence-electron chi connectivity index (χ2n) is 4.68. The minimum atomic E-state index is -3.07. The maximum atomic E-state index is 12.1. The predicted octanol–water partition coefficient (Wildman–Crippen LogP) is 0.933. The Morgan fingerprint density at radius 1 is 1.45 bits per heavy atom. The molecule has 0 bridgehead atoms. The third-order valence-corrected chi connectivity index (χ3v) is 5.85. The highest BCUT2D eigenvalue weighted by Crippen LogP contribution is 2.21. The van der Waals surface area contributed by atoms with Crippen LogP contribution in [0.15, 0.2) is 18.2 Å². The number of nitrogens with one attached hydrogen (secondary N) is 2. The number of anilines is 1. The lowest BCUT2D eigenvalue weighted by Crippen LogP contribution is -2.35. The molecule has 1 atom stereocenters. The Hall–Kier alpha value is -1.31. The summed E-state index contributed by atoms with van der Waals surface area (Å²) in [6.45, 7) is 0.109. The molecule has 1 amide bonds. The predicted molar refractivity (Wildman–Crippen MR) is 78.4 cm³/mol. The van der Waals surface area contributed by atoms with Gasteiger partial charge in [0.25, 0.3) is 5.91 Å². The van der Waals surface area contributed by atoms with E-state index in [1.165, 1.54) is 6.07 Å². The van der Waals surface area contributed by atoms with E-state index in [4.69, 9.17) is 17.4 Å². The van der Waals surface area contributed by atoms with Crippen LogP contribution in [-0.4, -0.2) is 31.9 Å². The Morgan fingerprint density at radius 2 is 2.20 bits per heavy atom. The van der Waals surface area contributed by atoms with Crippen LogP contribution in [0, 0.1) is 0 Å². The van der Waals surface area contributed by atoms with Gasteiger partial charge in [0.1, 0.15) is 0 Å². The van der Waals surface area contributed by atoms with Crippen molar-refractivity contribution in [2.75, 3.05) is 17.7 Å². The molecule has 1 fully saturated rings. The number of nitrogen functional groups attached to an aromatic ring is 1. The molecule has 0 radical (unpaired) electrons. The zero-order valence-electron chi connectivity index (χ0n) is 10.7. The van der Waals surface area contributed by atoms with Gasteiger partial charge in [-0.15, -0.1) is 0 Å². The number of halogens is 1. The first-order chi connectivity index (χ1) is 9.44. The van der Waals surface area contributed by atoms with Gasteiger partial charge in [-0.05, 0) is 31.0 Å². The summed E-state index contributed by atoms with van der Waals surface area (Å²) in [7, 11) is -3.07. The first-order valence-corrected chi connectivity index (χ1v) is 8.29. The zero-order valence-corrected chi connectivity index (χ0v) is 12.3.